The van der Waals surface area contributed by atoms with Crippen LogP contribution in [0.2, 0.25) is 0 Å². The summed E-state index contributed by atoms with van der Waals surface area (Å²) >= 11 is 0. The van der Waals surface area contributed by atoms with Crippen molar-refractivity contribution in [2.45, 2.75) is 53.5 Å². The molecule has 0 saturated heterocycles. The lowest BCUT2D eigenvalue weighted by molar-refractivity contribution is 0.0453. The summed E-state index contributed by atoms with van der Waals surface area (Å²) < 4.78 is 16.9. The predicted octanol–water partition coefficient (Wildman–Crippen LogP) is 4.20. The van der Waals surface area contributed by atoms with E-state index in [1.54, 1.807) is 7.05 Å². The molecular weight excluding hydrogens is 390 g/mol. The lowest BCUT2D eigenvalue weighted by Crippen LogP contribution is -2.36. The smallest absolute Gasteiger partial charge is 0.191 e. The van der Waals surface area contributed by atoms with Gasteiger partial charge in [-0.05, 0) is 50.5 Å². The van der Waals surface area contributed by atoms with E-state index in [1.807, 2.05) is 20.8 Å². The van der Waals surface area contributed by atoms with Crippen molar-refractivity contribution in [1.29, 1.82) is 0 Å². The monoisotopic (exact) mass is 427 g/mol. The third-order valence-corrected chi connectivity index (χ3v) is 4.55. The fraction of sp³-hybridized carbons (Fsp3) is 0.480. The fourth-order valence-corrected chi connectivity index (χ4v) is 3.04. The molecular formula is C25H37N3O3. The Kier molecular flexibility index (Phi) is 10.9. The van der Waals surface area contributed by atoms with Crippen LogP contribution < -0.4 is 15.4 Å². The van der Waals surface area contributed by atoms with Gasteiger partial charge in [-0.15, -0.1) is 0 Å². The maximum atomic E-state index is 5.97. The summed E-state index contributed by atoms with van der Waals surface area (Å²) in [5, 5.41) is 6.75. The fourth-order valence-electron chi connectivity index (χ4n) is 3.04. The van der Waals surface area contributed by atoms with Crippen molar-refractivity contribution in [3.05, 3.63) is 64.7 Å². The van der Waals surface area contributed by atoms with Gasteiger partial charge in [-0.3, -0.25) is 4.99 Å². The largest absolute Gasteiger partial charge is 0.491 e. The van der Waals surface area contributed by atoms with Crippen molar-refractivity contribution in [2.24, 2.45) is 4.99 Å². The zero-order valence-electron chi connectivity index (χ0n) is 19.5. The molecule has 2 aromatic carbocycles. The van der Waals surface area contributed by atoms with Crippen LogP contribution in [0, 0.1) is 6.92 Å². The highest BCUT2D eigenvalue weighted by Crippen LogP contribution is 2.21. The normalized spacial score (nSPS) is 11.6. The Balaban J connectivity index is 1.86. The van der Waals surface area contributed by atoms with Crippen molar-refractivity contribution < 1.29 is 14.2 Å². The van der Waals surface area contributed by atoms with Crippen molar-refractivity contribution in [1.82, 2.24) is 10.6 Å². The van der Waals surface area contributed by atoms with E-state index in [0.717, 1.165) is 29.4 Å². The third-order valence-electron chi connectivity index (χ3n) is 4.55. The first kappa shape index (κ1) is 24.7. The Bertz CT molecular complexity index is 821. The molecule has 0 unspecified atom stereocenters. The zero-order chi connectivity index (χ0) is 22.5. The molecule has 0 aliphatic rings. The number of aryl methyl sites for hydroxylation is 1. The minimum absolute atomic E-state index is 0.133. The number of benzene rings is 2. The van der Waals surface area contributed by atoms with Crippen LogP contribution in [0.15, 0.2) is 47.5 Å². The highest BCUT2D eigenvalue weighted by Gasteiger charge is 2.08. The Morgan fingerprint density at radius 2 is 1.71 bits per heavy atom. The van der Waals surface area contributed by atoms with Crippen LogP contribution in [0.25, 0.3) is 0 Å². The summed E-state index contributed by atoms with van der Waals surface area (Å²) in [6.07, 6.45) is 0.133. The highest BCUT2D eigenvalue weighted by atomic mass is 16.5. The summed E-state index contributed by atoms with van der Waals surface area (Å²) in [7, 11) is 1.78. The van der Waals surface area contributed by atoms with Gasteiger partial charge < -0.3 is 24.8 Å². The van der Waals surface area contributed by atoms with Gasteiger partial charge in [-0.1, -0.05) is 36.4 Å². The van der Waals surface area contributed by atoms with Crippen LogP contribution in [-0.4, -0.2) is 38.9 Å². The SMILES string of the molecule is CCOCCOCc1cccc(CNC(=NC)NCc2ccc(C)cc2OC(C)C)c1. The van der Waals surface area contributed by atoms with E-state index in [1.165, 1.54) is 11.1 Å². The molecule has 0 bridgehead atoms. The summed E-state index contributed by atoms with van der Waals surface area (Å²) in [6.45, 7) is 12.0. The average molecular weight is 428 g/mol. The number of hydrogen-bond donors (Lipinski definition) is 2. The minimum Gasteiger partial charge on any atom is -0.491 e. The predicted molar refractivity (Wildman–Crippen MR) is 127 cm³/mol. The summed E-state index contributed by atoms with van der Waals surface area (Å²) in [5.74, 6) is 1.66. The lowest BCUT2D eigenvalue weighted by atomic mass is 10.1. The maximum Gasteiger partial charge on any atom is 0.191 e. The number of aliphatic imine (C=N–C) groups is 1. The number of nitrogens with zero attached hydrogens (tertiary/aromatic N) is 1. The van der Waals surface area contributed by atoms with Gasteiger partial charge in [0.1, 0.15) is 5.75 Å². The van der Waals surface area contributed by atoms with E-state index in [9.17, 15) is 0 Å². The number of hydrogen-bond acceptors (Lipinski definition) is 4. The number of nitrogens with one attached hydrogen (secondary N) is 2. The van der Waals surface area contributed by atoms with Crippen LogP contribution >= 0.6 is 0 Å². The number of rotatable bonds is 12. The third kappa shape index (κ3) is 9.40. The Morgan fingerprint density at radius 3 is 2.45 bits per heavy atom. The quantitative estimate of drug-likeness (QED) is 0.302. The molecule has 6 nitrogen and oxygen atoms in total. The molecule has 170 valence electrons. The minimum atomic E-state index is 0.133. The lowest BCUT2D eigenvalue weighted by Gasteiger charge is -2.17. The second-order valence-electron chi connectivity index (χ2n) is 7.63. The molecule has 6 heteroatoms. The van der Waals surface area contributed by atoms with Gasteiger partial charge in [0.25, 0.3) is 0 Å². The molecule has 0 aliphatic heterocycles. The Morgan fingerprint density at radius 1 is 0.968 bits per heavy atom. The number of ether oxygens (including phenoxy) is 3. The van der Waals surface area contributed by atoms with E-state index in [4.69, 9.17) is 14.2 Å². The molecule has 0 amide bonds. The summed E-state index contributed by atoms with van der Waals surface area (Å²) in [6, 6.07) is 14.6. The molecule has 0 saturated carbocycles. The van der Waals surface area contributed by atoms with Crippen LogP contribution in [-0.2, 0) is 29.2 Å². The van der Waals surface area contributed by atoms with Gasteiger partial charge in [0, 0.05) is 32.3 Å². The Hall–Kier alpha value is -2.57. The Labute approximate surface area is 187 Å². The molecule has 2 N–H and O–H groups in total. The van der Waals surface area contributed by atoms with E-state index in [2.05, 4.69) is 65.0 Å². The van der Waals surface area contributed by atoms with Crippen molar-refractivity contribution >= 4 is 5.96 Å². The van der Waals surface area contributed by atoms with Crippen LogP contribution in [0.5, 0.6) is 5.75 Å². The van der Waals surface area contributed by atoms with Crippen molar-refractivity contribution in [3.8, 4) is 5.75 Å². The average Bonchev–Trinajstić information content (AvgIpc) is 2.75. The molecule has 31 heavy (non-hydrogen) atoms. The molecule has 0 atom stereocenters. The molecule has 0 heterocycles. The topological polar surface area (TPSA) is 64.1 Å². The van der Waals surface area contributed by atoms with E-state index < -0.39 is 0 Å². The molecule has 0 spiro atoms. The second-order valence-corrected chi connectivity index (χ2v) is 7.63. The van der Waals surface area contributed by atoms with Gasteiger partial charge in [0.15, 0.2) is 5.96 Å². The first-order chi connectivity index (χ1) is 15.0. The first-order valence-electron chi connectivity index (χ1n) is 11.0. The van der Waals surface area contributed by atoms with Crippen LogP contribution in [0.4, 0.5) is 0 Å². The standard InChI is InChI=1S/C25H37N3O3/c1-6-29-12-13-30-18-22-9-7-8-21(15-22)16-27-25(26-5)28-17-23-11-10-20(4)14-24(23)31-19(2)3/h7-11,14-15,19H,6,12-13,16-18H2,1-5H3,(H2,26,27,28). The molecule has 2 aromatic rings. The van der Waals surface area contributed by atoms with E-state index >= 15 is 0 Å². The first-order valence-corrected chi connectivity index (χ1v) is 11.0. The van der Waals surface area contributed by atoms with E-state index in [0.29, 0.717) is 32.9 Å². The molecule has 2 rings (SSSR count). The molecule has 0 radical (unpaired) electrons. The second kappa shape index (κ2) is 13.7. The van der Waals surface area contributed by atoms with Gasteiger partial charge in [0.2, 0.25) is 0 Å². The molecule has 0 aliphatic carbocycles. The maximum absolute atomic E-state index is 5.97. The summed E-state index contributed by atoms with van der Waals surface area (Å²) in [5.41, 5.74) is 4.61. The van der Waals surface area contributed by atoms with Gasteiger partial charge in [0.05, 0.1) is 25.9 Å². The van der Waals surface area contributed by atoms with Crippen molar-refractivity contribution in [3.63, 3.8) is 0 Å². The van der Waals surface area contributed by atoms with Crippen LogP contribution in [0.3, 0.4) is 0 Å². The highest BCUT2D eigenvalue weighted by molar-refractivity contribution is 5.79. The van der Waals surface area contributed by atoms with Crippen molar-refractivity contribution in [2.75, 3.05) is 26.9 Å². The molecule has 0 aromatic heterocycles. The van der Waals surface area contributed by atoms with Crippen LogP contribution in [0.1, 0.15) is 43.0 Å². The van der Waals surface area contributed by atoms with Gasteiger partial charge in [-0.2, -0.15) is 0 Å². The van der Waals surface area contributed by atoms with Gasteiger partial charge in [-0.25, -0.2) is 0 Å². The van der Waals surface area contributed by atoms with Gasteiger partial charge >= 0.3 is 0 Å². The molecule has 0 fully saturated rings. The zero-order valence-corrected chi connectivity index (χ0v) is 19.5. The summed E-state index contributed by atoms with van der Waals surface area (Å²) in [4.78, 5) is 4.34. The number of guanidine groups is 1. The van der Waals surface area contributed by atoms with E-state index in [-0.39, 0.29) is 6.10 Å².